The second kappa shape index (κ2) is 6.53. The van der Waals surface area contributed by atoms with Crippen LogP contribution in [0.1, 0.15) is 24.5 Å². The Hall–Kier alpha value is -1.87. The maximum absolute atomic E-state index is 14.0. The second-order valence-electron chi connectivity index (χ2n) is 4.97. The van der Waals surface area contributed by atoms with Crippen LogP contribution in [0.4, 0.5) is 4.39 Å². The molecule has 0 amide bonds. The monoisotopic (exact) mass is 273 g/mol. The van der Waals surface area contributed by atoms with E-state index in [1.807, 2.05) is 31.2 Å². The van der Waals surface area contributed by atoms with Crippen LogP contribution in [0.25, 0.3) is 0 Å². The van der Waals surface area contributed by atoms with Crippen LogP contribution in [0, 0.1) is 12.7 Å². The maximum atomic E-state index is 14.0. The smallest absolute Gasteiger partial charge is 0.168 e. The molecule has 2 N–H and O–H groups in total. The van der Waals surface area contributed by atoms with Gasteiger partial charge in [0.1, 0.15) is 5.75 Å². The summed E-state index contributed by atoms with van der Waals surface area (Å²) >= 11 is 0. The van der Waals surface area contributed by atoms with Crippen molar-refractivity contribution in [2.45, 2.75) is 32.7 Å². The standard InChI is InChI=1S/C17H20FNO/c1-3-14(19)11-13-8-4-5-9-15(13)20-16-10-6-7-12(2)17(16)18/h4-10,14H,3,11,19H2,1-2H3. The lowest BCUT2D eigenvalue weighted by atomic mass is 10.0. The first-order valence-electron chi connectivity index (χ1n) is 6.88. The molecule has 0 saturated heterocycles. The molecule has 0 aromatic heterocycles. The van der Waals surface area contributed by atoms with Crippen molar-refractivity contribution in [2.24, 2.45) is 5.73 Å². The average molecular weight is 273 g/mol. The zero-order valence-electron chi connectivity index (χ0n) is 11.9. The van der Waals surface area contributed by atoms with Crippen LogP contribution in [0.3, 0.4) is 0 Å². The van der Waals surface area contributed by atoms with Gasteiger partial charge in [0.2, 0.25) is 0 Å². The van der Waals surface area contributed by atoms with Crippen molar-refractivity contribution in [1.29, 1.82) is 0 Å². The fraction of sp³-hybridized carbons (Fsp3) is 0.294. The van der Waals surface area contributed by atoms with Crippen LogP contribution in [-0.2, 0) is 6.42 Å². The zero-order chi connectivity index (χ0) is 14.5. The molecule has 2 rings (SSSR count). The minimum atomic E-state index is -0.318. The van der Waals surface area contributed by atoms with Crippen molar-refractivity contribution in [3.05, 3.63) is 59.4 Å². The van der Waals surface area contributed by atoms with E-state index in [0.29, 0.717) is 11.3 Å². The number of ether oxygens (including phenoxy) is 1. The molecule has 2 aromatic carbocycles. The number of nitrogens with two attached hydrogens (primary N) is 1. The van der Waals surface area contributed by atoms with E-state index >= 15 is 0 Å². The Labute approximate surface area is 119 Å². The number of hydrogen-bond donors (Lipinski definition) is 1. The Kier molecular flexibility index (Phi) is 4.74. The van der Waals surface area contributed by atoms with Gasteiger partial charge >= 0.3 is 0 Å². The summed E-state index contributed by atoms with van der Waals surface area (Å²) in [6.45, 7) is 3.77. The summed E-state index contributed by atoms with van der Waals surface area (Å²) in [5.74, 6) is 0.602. The lowest BCUT2D eigenvalue weighted by molar-refractivity contribution is 0.433. The third-order valence-corrected chi connectivity index (χ3v) is 3.36. The largest absolute Gasteiger partial charge is 0.454 e. The summed E-state index contributed by atoms with van der Waals surface area (Å²) in [6.07, 6.45) is 1.62. The lowest BCUT2D eigenvalue weighted by Gasteiger charge is -2.14. The molecule has 106 valence electrons. The highest BCUT2D eigenvalue weighted by Gasteiger charge is 2.11. The van der Waals surface area contributed by atoms with E-state index in [9.17, 15) is 4.39 Å². The molecule has 3 heteroatoms. The lowest BCUT2D eigenvalue weighted by Crippen LogP contribution is -2.21. The van der Waals surface area contributed by atoms with E-state index in [1.165, 1.54) is 0 Å². The van der Waals surface area contributed by atoms with E-state index in [0.717, 1.165) is 18.4 Å². The molecule has 20 heavy (non-hydrogen) atoms. The summed E-state index contributed by atoms with van der Waals surface area (Å²) in [5, 5.41) is 0. The Morgan fingerprint density at radius 1 is 1.10 bits per heavy atom. The highest BCUT2D eigenvalue weighted by atomic mass is 19.1. The fourth-order valence-electron chi connectivity index (χ4n) is 2.02. The number of benzene rings is 2. The number of halogens is 1. The van der Waals surface area contributed by atoms with Crippen molar-refractivity contribution in [2.75, 3.05) is 0 Å². The van der Waals surface area contributed by atoms with Crippen LogP contribution >= 0.6 is 0 Å². The van der Waals surface area contributed by atoms with Crippen molar-refractivity contribution in [3.8, 4) is 11.5 Å². The topological polar surface area (TPSA) is 35.2 Å². The molecule has 1 unspecified atom stereocenters. The van der Waals surface area contributed by atoms with E-state index < -0.39 is 0 Å². The van der Waals surface area contributed by atoms with Gasteiger partial charge in [-0.25, -0.2) is 4.39 Å². The minimum Gasteiger partial charge on any atom is -0.454 e. The van der Waals surface area contributed by atoms with E-state index in [-0.39, 0.29) is 17.6 Å². The van der Waals surface area contributed by atoms with E-state index in [1.54, 1.807) is 25.1 Å². The molecule has 2 aromatic rings. The molecule has 0 fully saturated rings. The first-order chi connectivity index (χ1) is 9.61. The quantitative estimate of drug-likeness (QED) is 0.885. The summed E-state index contributed by atoms with van der Waals surface area (Å²) in [5.41, 5.74) is 7.57. The summed E-state index contributed by atoms with van der Waals surface area (Å²) in [4.78, 5) is 0. The zero-order valence-corrected chi connectivity index (χ0v) is 11.9. The molecule has 0 heterocycles. The van der Waals surface area contributed by atoms with Gasteiger partial charge in [-0.2, -0.15) is 0 Å². The van der Waals surface area contributed by atoms with Gasteiger partial charge in [0.15, 0.2) is 11.6 Å². The van der Waals surface area contributed by atoms with Crippen molar-refractivity contribution in [1.82, 2.24) is 0 Å². The Balaban J connectivity index is 2.27. The highest BCUT2D eigenvalue weighted by Crippen LogP contribution is 2.29. The number of para-hydroxylation sites is 1. The van der Waals surface area contributed by atoms with Crippen LogP contribution in [0.2, 0.25) is 0 Å². The van der Waals surface area contributed by atoms with Gasteiger partial charge in [-0.1, -0.05) is 37.3 Å². The Morgan fingerprint density at radius 2 is 1.80 bits per heavy atom. The maximum Gasteiger partial charge on any atom is 0.168 e. The third kappa shape index (κ3) is 3.36. The SMILES string of the molecule is CCC(N)Cc1ccccc1Oc1cccc(C)c1F. The van der Waals surface area contributed by atoms with Crippen molar-refractivity contribution < 1.29 is 9.13 Å². The highest BCUT2D eigenvalue weighted by molar-refractivity contribution is 5.40. The first kappa shape index (κ1) is 14.5. The molecule has 0 spiro atoms. The number of rotatable bonds is 5. The molecule has 0 aliphatic heterocycles. The molecular weight excluding hydrogens is 253 g/mol. The Morgan fingerprint density at radius 3 is 2.55 bits per heavy atom. The Bertz CT molecular complexity index is 583. The number of hydrogen-bond acceptors (Lipinski definition) is 2. The molecule has 2 nitrogen and oxygen atoms in total. The van der Waals surface area contributed by atoms with Gasteiger partial charge in [-0.3, -0.25) is 0 Å². The fourth-order valence-corrected chi connectivity index (χ4v) is 2.02. The van der Waals surface area contributed by atoms with Crippen LogP contribution in [0.15, 0.2) is 42.5 Å². The molecule has 0 saturated carbocycles. The van der Waals surface area contributed by atoms with Crippen molar-refractivity contribution >= 4 is 0 Å². The van der Waals surface area contributed by atoms with Crippen LogP contribution in [0.5, 0.6) is 11.5 Å². The number of aryl methyl sites for hydroxylation is 1. The molecule has 0 radical (unpaired) electrons. The van der Waals surface area contributed by atoms with E-state index in [4.69, 9.17) is 10.5 Å². The van der Waals surface area contributed by atoms with Gasteiger partial charge < -0.3 is 10.5 Å². The second-order valence-corrected chi connectivity index (χ2v) is 4.97. The van der Waals surface area contributed by atoms with Gasteiger partial charge in [-0.15, -0.1) is 0 Å². The summed E-state index contributed by atoms with van der Waals surface area (Å²) in [6, 6.07) is 12.9. The predicted octanol–water partition coefficient (Wildman–Crippen LogP) is 4.21. The molecule has 0 bridgehead atoms. The van der Waals surface area contributed by atoms with Crippen LogP contribution in [-0.4, -0.2) is 6.04 Å². The molecular formula is C17H20FNO. The normalized spacial score (nSPS) is 12.2. The van der Waals surface area contributed by atoms with Crippen LogP contribution < -0.4 is 10.5 Å². The van der Waals surface area contributed by atoms with Crippen molar-refractivity contribution in [3.63, 3.8) is 0 Å². The summed E-state index contributed by atoms with van der Waals surface area (Å²) in [7, 11) is 0. The van der Waals surface area contributed by atoms with Gasteiger partial charge in [0, 0.05) is 6.04 Å². The molecule has 0 aliphatic carbocycles. The first-order valence-corrected chi connectivity index (χ1v) is 6.88. The van der Waals surface area contributed by atoms with Gasteiger partial charge in [0.05, 0.1) is 0 Å². The molecule has 1 atom stereocenters. The predicted molar refractivity (Wildman–Crippen MR) is 79.6 cm³/mol. The third-order valence-electron chi connectivity index (χ3n) is 3.36. The summed E-state index contributed by atoms with van der Waals surface area (Å²) < 4.78 is 19.7. The van der Waals surface area contributed by atoms with Gasteiger partial charge in [-0.05, 0) is 43.0 Å². The minimum absolute atomic E-state index is 0.0853. The average Bonchev–Trinajstić information content (AvgIpc) is 2.45. The van der Waals surface area contributed by atoms with Gasteiger partial charge in [0.25, 0.3) is 0 Å². The molecule has 0 aliphatic rings. The van der Waals surface area contributed by atoms with E-state index in [2.05, 4.69) is 0 Å².